The maximum atomic E-state index is 5.04. The van der Waals surface area contributed by atoms with Crippen LogP contribution in [0.4, 0.5) is 0 Å². The zero-order valence-electron chi connectivity index (χ0n) is 21.3. The van der Waals surface area contributed by atoms with Gasteiger partial charge in [0.25, 0.3) is 0 Å². The number of hydrogen-bond acceptors (Lipinski definition) is 1. The summed E-state index contributed by atoms with van der Waals surface area (Å²) in [5, 5.41) is 7.68. The molecule has 0 aliphatic rings. The third-order valence-electron chi connectivity index (χ3n) is 7.76. The lowest BCUT2D eigenvalue weighted by Gasteiger charge is -2.15. The van der Waals surface area contributed by atoms with Crippen LogP contribution in [0.15, 0.2) is 146 Å². The van der Waals surface area contributed by atoms with Gasteiger partial charge >= 0.3 is 0 Å². The average Bonchev–Trinajstić information content (AvgIpc) is 3.41. The Balaban J connectivity index is 1.40. The van der Waals surface area contributed by atoms with Crippen molar-refractivity contribution in [2.45, 2.75) is 0 Å². The molecule has 0 amide bonds. The predicted octanol–water partition coefficient (Wildman–Crippen LogP) is 9.82. The third kappa shape index (κ3) is 3.46. The minimum atomic E-state index is 0.948. The van der Waals surface area contributed by atoms with E-state index in [4.69, 9.17) is 4.98 Å². The van der Waals surface area contributed by atoms with E-state index >= 15 is 0 Å². The van der Waals surface area contributed by atoms with Crippen LogP contribution in [0.3, 0.4) is 0 Å². The standard InChI is InChI=1S/C37H24N2/c1-2-12-26(13-3-1)37-38-34-19-8-9-20-35(34)39(37)29-15-10-14-27(23-29)33-24-28-22-21-25-11-4-5-16-30(25)36(28)32-18-7-6-17-31(32)33/h1-24H. The van der Waals surface area contributed by atoms with Crippen molar-refractivity contribution in [3.8, 4) is 28.2 Å². The fraction of sp³-hybridized carbons (Fsp3) is 0. The molecule has 0 N–H and O–H groups in total. The van der Waals surface area contributed by atoms with E-state index in [0.717, 1.165) is 28.1 Å². The van der Waals surface area contributed by atoms with E-state index in [-0.39, 0.29) is 0 Å². The molecule has 2 heteroatoms. The van der Waals surface area contributed by atoms with Crippen LogP contribution in [0, 0.1) is 0 Å². The van der Waals surface area contributed by atoms with Gasteiger partial charge in [0.05, 0.1) is 11.0 Å². The fourth-order valence-corrected chi connectivity index (χ4v) is 6.00. The largest absolute Gasteiger partial charge is 0.292 e. The minimum absolute atomic E-state index is 0.948. The van der Waals surface area contributed by atoms with Crippen LogP contribution in [0.1, 0.15) is 0 Å². The molecule has 8 aromatic rings. The van der Waals surface area contributed by atoms with Crippen molar-refractivity contribution in [2.24, 2.45) is 0 Å². The molecule has 0 saturated carbocycles. The Hall–Kier alpha value is -5.21. The van der Waals surface area contributed by atoms with E-state index in [9.17, 15) is 0 Å². The second kappa shape index (κ2) is 8.68. The second-order valence-electron chi connectivity index (χ2n) is 10.0. The molecule has 0 aliphatic carbocycles. The van der Waals surface area contributed by atoms with Gasteiger partial charge in [-0.3, -0.25) is 4.57 Å². The van der Waals surface area contributed by atoms with E-state index in [2.05, 4.69) is 144 Å². The molecule has 2 nitrogen and oxygen atoms in total. The molecule has 1 heterocycles. The maximum absolute atomic E-state index is 5.04. The summed E-state index contributed by atoms with van der Waals surface area (Å²) in [6, 6.07) is 52.0. The lowest BCUT2D eigenvalue weighted by molar-refractivity contribution is 1.10. The van der Waals surface area contributed by atoms with Crippen LogP contribution in [0.2, 0.25) is 0 Å². The summed E-state index contributed by atoms with van der Waals surface area (Å²) in [6.45, 7) is 0. The fourth-order valence-electron chi connectivity index (χ4n) is 6.00. The van der Waals surface area contributed by atoms with Gasteiger partial charge in [0.15, 0.2) is 0 Å². The normalized spacial score (nSPS) is 11.6. The van der Waals surface area contributed by atoms with Crippen molar-refractivity contribution in [3.05, 3.63) is 146 Å². The van der Waals surface area contributed by atoms with Crippen LogP contribution < -0.4 is 0 Å². The van der Waals surface area contributed by atoms with Gasteiger partial charge < -0.3 is 0 Å². The number of fused-ring (bicyclic) bond motifs is 6. The van der Waals surface area contributed by atoms with Crippen molar-refractivity contribution in [1.29, 1.82) is 0 Å². The number of rotatable bonds is 3. The van der Waals surface area contributed by atoms with E-state index in [1.54, 1.807) is 0 Å². The maximum Gasteiger partial charge on any atom is 0.145 e. The molecular weight excluding hydrogens is 472 g/mol. The van der Waals surface area contributed by atoms with Gasteiger partial charge in [0, 0.05) is 11.3 Å². The van der Waals surface area contributed by atoms with Gasteiger partial charge in [-0.05, 0) is 73.8 Å². The molecule has 8 rings (SSSR count). The summed E-state index contributed by atoms with van der Waals surface area (Å²) in [5.74, 6) is 0.948. The Morgan fingerprint density at radius 1 is 0.462 bits per heavy atom. The summed E-state index contributed by atoms with van der Waals surface area (Å²) < 4.78 is 2.28. The zero-order chi connectivity index (χ0) is 25.8. The molecular formula is C37H24N2. The molecule has 0 atom stereocenters. The summed E-state index contributed by atoms with van der Waals surface area (Å²) in [7, 11) is 0. The van der Waals surface area contributed by atoms with Gasteiger partial charge in [-0.1, -0.05) is 115 Å². The molecule has 0 aliphatic heterocycles. The first kappa shape index (κ1) is 21.8. The number of hydrogen-bond donors (Lipinski definition) is 0. The molecule has 0 fully saturated rings. The molecule has 0 unspecified atom stereocenters. The second-order valence-corrected chi connectivity index (χ2v) is 10.0. The van der Waals surface area contributed by atoms with Crippen molar-refractivity contribution in [2.75, 3.05) is 0 Å². The highest BCUT2D eigenvalue weighted by Gasteiger charge is 2.16. The van der Waals surface area contributed by atoms with Crippen LogP contribution in [-0.4, -0.2) is 9.55 Å². The van der Waals surface area contributed by atoms with Crippen molar-refractivity contribution in [1.82, 2.24) is 9.55 Å². The van der Waals surface area contributed by atoms with E-state index in [1.165, 1.54) is 43.4 Å². The quantitative estimate of drug-likeness (QED) is 0.223. The number of para-hydroxylation sites is 2. The van der Waals surface area contributed by atoms with Crippen LogP contribution in [0.5, 0.6) is 0 Å². The Bertz CT molecular complexity index is 2170. The highest BCUT2D eigenvalue weighted by molar-refractivity contribution is 6.23. The number of nitrogens with zero attached hydrogens (tertiary/aromatic N) is 2. The van der Waals surface area contributed by atoms with Crippen molar-refractivity contribution < 1.29 is 0 Å². The average molecular weight is 497 g/mol. The molecule has 39 heavy (non-hydrogen) atoms. The summed E-state index contributed by atoms with van der Waals surface area (Å²) in [5.41, 5.74) is 6.72. The molecule has 1 aromatic heterocycles. The Morgan fingerprint density at radius 2 is 1.15 bits per heavy atom. The van der Waals surface area contributed by atoms with Gasteiger partial charge in [-0.2, -0.15) is 0 Å². The summed E-state index contributed by atoms with van der Waals surface area (Å²) in [6.07, 6.45) is 0. The van der Waals surface area contributed by atoms with E-state index < -0.39 is 0 Å². The van der Waals surface area contributed by atoms with Crippen molar-refractivity contribution in [3.63, 3.8) is 0 Å². The van der Waals surface area contributed by atoms with Gasteiger partial charge in [0.1, 0.15) is 5.82 Å². The van der Waals surface area contributed by atoms with Gasteiger partial charge in [0.2, 0.25) is 0 Å². The van der Waals surface area contributed by atoms with E-state index in [0.29, 0.717) is 0 Å². The molecule has 182 valence electrons. The smallest absolute Gasteiger partial charge is 0.145 e. The lowest BCUT2D eigenvalue weighted by atomic mass is 9.90. The summed E-state index contributed by atoms with van der Waals surface area (Å²) >= 11 is 0. The number of imidazole rings is 1. The predicted molar refractivity (Wildman–Crippen MR) is 164 cm³/mol. The first-order valence-corrected chi connectivity index (χ1v) is 13.3. The summed E-state index contributed by atoms with van der Waals surface area (Å²) in [4.78, 5) is 5.04. The van der Waals surface area contributed by atoms with E-state index in [1.807, 2.05) is 6.07 Å². The molecule has 0 radical (unpaired) electrons. The zero-order valence-corrected chi connectivity index (χ0v) is 21.3. The van der Waals surface area contributed by atoms with Gasteiger partial charge in [-0.15, -0.1) is 0 Å². The molecule has 7 aromatic carbocycles. The Morgan fingerprint density at radius 3 is 2.05 bits per heavy atom. The van der Waals surface area contributed by atoms with Crippen LogP contribution in [0.25, 0.3) is 71.6 Å². The SMILES string of the molecule is c1ccc(-c2nc3ccccc3n2-c2cccc(-c3cc4ccc5ccccc5c4c4ccccc34)c2)cc1. The van der Waals surface area contributed by atoms with Gasteiger partial charge in [-0.25, -0.2) is 4.98 Å². The number of aromatic nitrogens is 2. The number of benzene rings is 7. The Labute approximate surface area is 226 Å². The molecule has 0 spiro atoms. The molecule has 0 saturated heterocycles. The van der Waals surface area contributed by atoms with Crippen molar-refractivity contribution >= 4 is 43.4 Å². The topological polar surface area (TPSA) is 17.8 Å². The minimum Gasteiger partial charge on any atom is -0.292 e. The highest BCUT2D eigenvalue weighted by atomic mass is 15.1. The first-order valence-electron chi connectivity index (χ1n) is 13.3. The van der Waals surface area contributed by atoms with Crippen LogP contribution >= 0.6 is 0 Å². The lowest BCUT2D eigenvalue weighted by Crippen LogP contribution is -1.98. The highest BCUT2D eigenvalue weighted by Crippen LogP contribution is 2.39. The molecule has 0 bridgehead atoms. The van der Waals surface area contributed by atoms with Crippen LogP contribution in [-0.2, 0) is 0 Å². The Kier molecular flexibility index (Phi) is 4.86. The monoisotopic (exact) mass is 496 g/mol. The third-order valence-corrected chi connectivity index (χ3v) is 7.76. The first-order chi connectivity index (χ1) is 19.3.